The minimum absolute atomic E-state index is 0.400. The lowest BCUT2D eigenvalue weighted by Gasteiger charge is -2.08. The van der Waals surface area contributed by atoms with Gasteiger partial charge in [0.1, 0.15) is 0 Å². The zero-order valence-corrected chi connectivity index (χ0v) is 19.0. The van der Waals surface area contributed by atoms with E-state index in [0.29, 0.717) is 28.8 Å². The number of hydrogen-bond donors (Lipinski definition) is 1. The highest BCUT2D eigenvalue weighted by Crippen LogP contribution is 2.29. The van der Waals surface area contributed by atoms with Gasteiger partial charge in [0.15, 0.2) is 33.7 Å². The van der Waals surface area contributed by atoms with Crippen molar-refractivity contribution in [2.75, 3.05) is 11.5 Å². The maximum absolute atomic E-state index is 6.32. The summed E-state index contributed by atoms with van der Waals surface area (Å²) < 4.78 is 7.75. The Labute approximate surface area is 196 Å². The maximum Gasteiger partial charge on any atom is 0.191 e. The maximum atomic E-state index is 6.32. The second-order valence-electron chi connectivity index (χ2n) is 7.80. The summed E-state index contributed by atoms with van der Waals surface area (Å²) in [5.41, 5.74) is 10.3. The highest BCUT2D eigenvalue weighted by Gasteiger charge is 2.19. The molecule has 0 amide bonds. The predicted octanol–water partition coefficient (Wildman–Crippen LogP) is 5.64. The van der Waals surface area contributed by atoms with Gasteiger partial charge in [0.05, 0.1) is 6.26 Å². The molecule has 0 fully saturated rings. The number of hydrogen-bond acceptors (Lipinski definition) is 6. The molecule has 166 valence electrons. The van der Waals surface area contributed by atoms with Crippen molar-refractivity contribution in [1.82, 2.24) is 19.5 Å². The molecule has 3 aromatic heterocycles. The van der Waals surface area contributed by atoms with Crippen LogP contribution in [0.5, 0.6) is 0 Å². The molecule has 0 aliphatic rings. The molecule has 0 bridgehead atoms. The van der Waals surface area contributed by atoms with Gasteiger partial charge in [-0.1, -0.05) is 72.4 Å². The number of anilines is 1. The molecule has 0 aliphatic heterocycles. The van der Waals surface area contributed by atoms with Crippen LogP contribution in [0.15, 0.2) is 88.6 Å². The van der Waals surface area contributed by atoms with Gasteiger partial charge in [0.25, 0.3) is 0 Å². The van der Waals surface area contributed by atoms with Gasteiger partial charge in [-0.15, -0.1) is 0 Å². The minimum Gasteiger partial charge on any atom is -0.461 e. The second kappa shape index (κ2) is 9.92. The molecule has 0 saturated heterocycles. The predicted molar refractivity (Wildman–Crippen MR) is 133 cm³/mol. The van der Waals surface area contributed by atoms with Crippen molar-refractivity contribution in [3.8, 4) is 11.6 Å². The van der Waals surface area contributed by atoms with Crippen molar-refractivity contribution in [1.29, 1.82) is 0 Å². The number of nitrogens with two attached hydrogens (primary N) is 1. The lowest BCUT2D eigenvalue weighted by molar-refractivity contribution is 0.569. The molecule has 3 heterocycles. The monoisotopic (exact) mass is 455 g/mol. The van der Waals surface area contributed by atoms with Crippen molar-refractivity contribution >= 4 is 28.7 Å². The van der Waals surface area contributed by atoms with Gasteiger partial charge in [-0.3, -0.25) is 0 Å². The lowest BCUT2D eigenvalue weighted by atomic mass is 10.1. The van der Waals surface area contributed by atoms with Gasteiger partial charge in [-0.2, -0.15) is 0 Å². The number of rotatable bonds is 9. The highest BCUT2D eigenvalue weighted by atomic mass is 32.2. The summed E-state index contributed by atoms with van der Waals surface area (Å²) in [5, 5.41) is 0.680. The van der Waals surface area contributed by atoms with E-state index in [-0.39, 0.29) is 0 Å². The van der Waals surface area contributed by atoms with E-state index in [0.717, 1.165) is 36.5 Å². The normalized spacial score (nSPS) is 11.3. The molecule has 0 unspecified atom stereocenters. The molecule has 5 rings (SSSR count). The van der Waals surface area contributed by atoms with Crippen molar-refractivity contribution in [3.63, 3.8) is 0 Å². The summed E-state index contributed by atoms with van der Waals surface area (Å²) >= 11 is 1.63. The molecular formula is C26H25N5OS. The molecule has 2 aromatic carbocycles. The van der Waals surface area contributed by atoms with Crippen molar-refractivity contribution in [2.45, 2.75) is 31.0 Å². The molecule has 0 radical (unpaired) electrons. The summed E-state index contributed by atoms with van der Waals surface area (Å²) in [5.74, 6) is 2.73. The zero-order chi connectivity index (χ0) is 22.5. The molecule has 2 N–H and O–H groups in total. The number of fused-ring (bicyclic) bond motifs is 1. The SMILES string of the molecule is Nc1nc(SCCCc2ccccc2)nc2c1nc(-c1ccco1)n2CCc1ccccc1. The fraction of sp³-hybridized carbons (Fsp3) is 0.192. The first-order valence-electron chi connectivity index (χ1n) is 11.1. The molecular weight excluding hydrogens is 430 g/mol. The van der Waals surface area contributed by atoms with Crippen molar-refractivity contribution < 1.29 is 4.42 Å². The Morgan fingerprint density at radius 3 is 2.24 bits per heavy atom. The number of thioether (sulfide) groups is 1. The summed E-state index contributed by atoms with van der Waals surface area (Å²) in [6, 6.07) is 24.7. The van der Waals surface area contributed by atoms with E-state index < -0.39 is 0 Å². The number of benzene rings is 2. The Kier molecular flexibility index (Phi) is 6.39. The number of aromatic nitrogens is 4. The van der Waals surface area contributed by atoms with E-state index in [9.17, 15) is 0 Å². The van der Waals surface area contributed by atoms with Crippen LogP contribution in [0.2, 0.25) is 0 Å². The first kappa shape index (κ1) is 21.3. The van der Waals surface area contributed by atoms with Crippen LogP contribution in [0.3, 0.4) is 0 Å². The van der Waals surface area contributed by atoms with E-state index in [1.165, 1.54) is 11.1 Å². The van der Waals surface area contributed by atoms with E-state index in [2.05, 4.69) is 58.1 Å². The van der Waals surface area contributed by atoms with Crippen LogP contribution in [-0.2, 0) is 19.4 Å². The average molecular weight is 456 g/mol. The summed E-state index contributed by atoms with van der Waals surface area (Å²) in [4.78, 5) is 14.1. The van der Waals surface area contributed by atoms with Crippen LogP contribution < -0.4 is 5.73 Å². The average Bonchev–Trinajstić information content (AvgIpc) is 3.50. The Morgan fingerprint density at radius 1 is 0.818 bits per heavy atom. The number of nitrogens with zero attached hydrogens (tertiary/aromatic N) is 4. The summed E-state index contributed by atoms with van der Waals surface area (Å²) in [6.45, 7) is 0.713. The molecule has 33 heavy (non-hydrogen) atoms. The topological polar surface area (TPSA) is 82.8 Å². The van der Waals surface area contributed by atoms with E-state index in [4.69, 9.17) is 20.1 Å². The largest absolute Gasteiger partial charge is 0.461 e. The Hall–Kier alpha value is -3.58. The fourth-order valence-electron chi connectivity index (χ4n) is 3.84. The van der Waals surface area contributed by atoms with Crippen molar-refractivity contribution in [3.05, 3.63) is 90.2 Å². The van der Waals surface area contributed by atoms with Crippen LogP contribution in [0.25, 0.3) is 22.7 Å². The third-order valence-corrected chi connectivity index (χ3v) is 6.43. The molecule has 5 aromatic rings. The van der Waals surface area contributed by atoms with Crippen LogP contribution in [-0.4, -0.2) is 25.3 Å². The van der Waals surface area contributed by atoms with Crippen LogP contribution >= 0.6 is 11.8 Å². The summed E-state index contributed by atoms with van der Waals surface area (Å²) in [6.07, 6.45) is 4.58. The van der Waals surface area contributed by atoms with Crippen molar-refractivity contribution in [2.24, 2.45) is 0 Å². The Balaban J connectivity index is 1.40. The number of furan rings is 1. The van der Waals surface area contributed by atoms with Gasteiger partial charge in [-0.05, 0) is 42.5 Å². The van der Waals surface area contributed by atoms with Gasteiger partial charge in [0, 0.05) is 12.3 Å². The number of aryl methyl sites for hydroxylation is 3. The molecule has 0 spiro atoms. The molecule has 0 aliphatic carbocycles. The smallest absolute Gasteiger partial charge is 0.191 e. The molecule has 7 heteroatoms. The first-order chi connectivity index (χ1) is 16.3. The molecule has 0 atom stereocenters. The zero-order valence-electron chi connectivity index (χ0n) is 18.2. The quantitative estimate of drug-likeness (QED) is 0.176. The van der Waals surface area contributed by atoms with Gasteiger partial charge >= 0.3 is 0 Å². The Morgan fingerprint density at radius 2 is 1.55 bits per heavy atom. The lowest BCUT2D eigenvalue weighted by Crippen LogP contribution is -2.05. The third kappa shape index (κ3) is 4.93. The van der Waals surface area contributed by atoms with Crippen LogP contribution in [0.1, 0.15) is 17.5 Å². The minimum atomic E-state index is 0.400. The second-order valence-corrected chi connectivity index (χ2v) is 8.86. The van der Waals surface area contributed by atoms with Gasteiger partial charge in [0.2, 0.25) is 0 Å². The number of nitrogen functional groups attached to an aromatic ring is 1. The fourth-order valence-corrected chi connectivity index (χ4v) is 4.63. The molecule has 0 saturated carbocycles. The summed E-state index contributed by atoms with van der Waals surface area (Å²) in [7, 11) is 0. The van der Waals surface area contributed by atoms with Gasteiger partial charge < -0.3 is 14.7 Å². The van der Waals surface area contributed by atoms with E-state index >= 15 is 0 Å². The first-order valence-corrected chi connectivity index (χ1v) is 12.0. The van der Waals surface area contributed by atoms with E-state index in [1.54, 1.807) is 18.0 Å². The number of imidazole rings is 1. The van der Waals surface area contributed by atoms with E-state index in [1.807, 2.05) is 24.3 Å². The third-order valence-electron chi connectivity index (χ3n) is 5.49. The standard InChI is InChI=1S/C26H25N5OS/c27-23-22-25(30-26(29-23)33-18-8-13-19-9-3-1-4-10-19)31(16-15-20-11-5-2-6-12-20)24(28-22)21-14-7-17-32-21/h1-7,9-12,14,17H,8,13,15-16,18H2,(H2,27,29,30). The van der Waals surface area contributed by atoms with Crippen LogP contribution in [0, 0.1) is 0 Å². The van der Waals surface area contributed by atoms with Gasteiger partial charge in [-0.25, -0.2) is 15.0 Å². The molecule has 6 nitrogen and oxygen atoms in total. The highest BCUT2D eigenvalue weighted by molar-refractivity contribution is 7.99. The Bertz CT molecular complexity index is 1320. The van der Waals surface area contributed by atoms with Crippen LogP contribution in [0.4, 0.5) is 5.82 Å².